The van der Waals surface area contributed by atoms with Gasteiger partial charge in [-0.05, 0) is 24.6 Å². The van der Waals surface area contributed by atoms with Crippen molar-refractivity contribution in [2.45, 2.75) is 13.3 Å². The topological polar surface area (TPSA) is 72.3 Å². The second-order valence-corrected chi connectivity index (χ2v) is 3.78. The van der Waals surface area contributed by atoms with Gasteiger partial charge in [-0.25, -0.2) is 9.97 Å². The Morgan fingerprint density at radius 1 is 1.17 bits per heavy atom. The second-order valence-electron chi connectivity index (χ2n) is 3.78. The zero-order valence-electron chi connectivity index (χ0n) is 9.83. The molecule has 2 rings (SSSR count). The van der Waals surface area contributed by atoms with Crippen LogP contribution >= 0.6 is 0 Å². The SMILES string of the molecule is Cc1ncc(Oc2ccc(CC(=O)O)cc2)cn1. The van der Waals surface area contributed by atoms with Crippen molar-refractivity contribution in [1.82, 2.24) is 9.97 Å². The van der Waals surface area contributed by atoms with Crippen molar-refractivity contribution >= 4 is 5.97 Å². The van der Waals surface area contributed by atoms with E-state index in [-0.39, 0.29) is 6.42 Å². The fourth-order valence-electron chi connectivity index (χ4n) is 1.42. The number of benzene rings is 1. The number of aliphatic carboxylic acids is 1. The van der Waals surface area contributed by atoms with Gasteiger partial charge in [-0.2, -0.15) is 0 Å². The molecule has 0 bridgehead atoms. The van der Waals surface area contributed by atoms with Crippen molar-refractivity contribution in [2.75, 3.05) is 0 Å². The van der Waals surface area contributed by atoms with Gasteiger partial charge in [-0.1, -0.05) is 12.1 Å². The standard InChI is InChI=1S/C13H12N2O3/c1-9-14-7-12(8-15-9)18-11-4-2-10(3-5-11)6-13(16)17/h2-5,7-8H,6H2,1H3,(H,16,17). The summed E-state index contributed by atoms with van der Waals surface area (Å²) < 4.78 is 5.52. The lowest BCUT2D eigenvalue weighted by molar-refractivity contribution is -0.136. The lowest BCUT2D eigenvalue weighted by Crippen LogP contribution is -1.99. The average molecular weight is 244 g/mol. The van der Waals surface area contributed by atoms with Gasteiger partial charge >= 0.3 is 5.97 Å². The highest BCUT2D eigenvalue weighted by atomic mass is 16.5. The third-order valence-electron chi connectivity index (χ3n) is 2.27. The Kier molecular flexibility index (Phi) is 3.52. The van der Waals surface area contributed by atoms with Gasteiger partial charge in [0.2, 0.25) is 0 Å². The molecule has 2 aromatic rings. The number of carbonyl (C=O) groups is 1. The number of carboxylic acids is 1. The van der Waals surface area contributed by atoms with E-state index >= 15 is 0 Å². The molecule has 0 saturated carbocycles. The van der Waals surface area contributed by atoms with Gasteiger partial charge in [0.1, 0.15) is 11.6 Å². The van der Waals surface area contributed by atoms with Gasteiger partial charge in [0, 0.05) is 0 Å². The van der Waals surface area contributed by atoms with Crippen molar-refractivity contribution in [2.24, 2.45) is 0 Å². The summed E-state index contributed by atoms with van der Waals surface area (Å²) in [5.74, 6) is 0.998. The zero-order chi connectivity index (χ0) is 13.0. The molecule has 1 N–H and O–H groups in total. The number of rotatable bonds is 4. The Morgan fingerprint density at radius 3 is 2.33 bits per heavy atom. The maximum atomic E-state index is 10.5. The van der Waals surface area contributed by atoms with Crippen molar-refractivity contribution in [3.05, 3.63) is 48.0 Å². The Hall–Kier alpha value is -2.43. The van der Waals surface area contributed by atoms with Gasteiger partial charge in [0.15, 0.2) is 5.75 Å². The quantitative estimate of drug-likeness (QED) is 0.892. The van der Waals surface area contributed by atoms with Gasteiger partial charge in [0.05, 0.1) is 18.8 Å². The Bertz CT molecular complexity index is 535. The first-order valence-electron chi connectivity index (χ1n) is 5.41. The highest BCUT2D eigenvalue weighted by Crippen LogP contribution is 2.20. The van der Waals surface area contributed by atoms with Crippen LogP contribution in [0.4, 0.5) is 0 Å². The molecule has 0 aliphatic heterocycles. The highest BCUT2D eigenvalue weighted by Gasteiger charge is 2.02. The monoisotopic (exact) mass is 244 g/mol. The van der Waals surface area contributed by atoms with Crippen LogP contribution < -0.4 is 4.74 Å². The molecule has 0 aliphatic carbocycles. The van der Waals surface area contributed by atoms with Crippen molar-refractivity contribution in [1.29, 1.82) is 0 Å². The molecular formula is C13H12N2O3. The van der Waals surface area contributed by atoms with Gasteiger partial charge in [0.25, 0.3) is 0 Å². The fraction of sp³-hybridized carbons (Fsp3) is 0.154. The molecule has 1 aromatic heterocycles. The van der Waals surface area contributed by atoms with Crippen LogP contribution in [0.2, 0.25) is 0 Å². The molecule has 0 unspecified atom stereocenters. The van der Waals surface area contributed by atoms with E-state index in [1.54, 1.807) is 43.6 Å². The van der Waals surface area contributed by atoms with Gasteiger partial charge < -0.3 is 9.84 Å². The number of nitrogens with zero attached hydrogens (tertiary/aromatic N) is 2. The molecule has 0 spiro atoms. The van der Waals surface area contributed by atoms with E-state index < -0.39 is 5.97 Å². The fourth-order valence-corrected chi connectivity index (χ4v) is 1.42. The highest BCUT2D eigenvalue weighted by molar-refractivity contribution is 5.70. The third-order valence-corrected chi connectivity index (χ3v) is 2.27. The summed E-state index contributed by atoms with van der Waals surface area (Å²) in [5, 5.41) is 8.65. The van der Waals surface area contributed by atoms with Crippen molar-refractivity contribution < 1.29 is 14.6 Å². The first-order valence-corrected chi connectivity index (χ1v) is 5.41. The van der Waals surface area contributed by atoms with Crippen molar-refractivity contribution in [3.8, 4) is 11.5 Å². The zero-order valence-corrected chi connectivity index (χ0v) is 9.83. The van der Waals surface area contributed by atoms with Crippen LogP contribution in [0.25, 0.3) is 0 Å². The summed E-state index contributed by atoms with van der Waals surface area (Å²) in [6.45, 7) is 1.80. The first-order chi connectivity index (χ1) is 8.63. The predicted molar refractivity (Wildman–Crippen MR) is 64.6 cm³/mol. The minimum atomic E-state index is -0.851. The molecule has 0 fully saturated rings. The van der Waals surface area contributed by atoms with Crippen LogP contribution in [0.1, 0.15) is 11.4 Å². The van der Waals surface area contributed by atoms with Crippen molar-refractivity contribution in [3.63, 3.8) is 0 Å². The summed E-state index contributed by atoms with van der Waals surface area (Å²) in [7, 11) is 0. The lowest BCUT2D eigenvalue weighted by Gasteiger charge is -2.05. The average Bonchev–Trinajstić information content (AvgIpc) is 2.34. The Morgan fingerprint density at radius 2 is 1.78 bits per heavy atom. The molecule has 1 aromatic carbocycles. The number of aromatic nitrogens is 2. The summed E-state index contributed by atoms with van der Waals surface area (Å²) in [5.41, 5.74) is 0.731. The largest absolute Gasteiger partial charge is 0.481 e. The minimum Gasteiger partial charge on any atom is -0.481 e. The predicted octanol–water partition coefficient (Wildman–Crippen LogP) is 2.20. The normalized spacial score (nSPS) is 10.1. The smallest absolute Gasteiger partial charge is 0.307 e. The van der Waals surface area contributed by atoms with E-state index in [1.807, 2.05) is 0 Å². The Labute approximate surface area is 104 Å². The van der Waals surface area contributed by atoms with E-state index in [9.17, 15) is 4.79 Å². The molecular weight excluding hydrogens is 232 g/mol. The van der Waals surface area contributed by atoms with Crippen LogP contribution in [0.5, 0.6) is 11.5 Å². The Balaban J connectivity index is 2.06. The molecule has 5 nitrogen and oxygen atoms in total. The first kappa shape index (κ1) is 12.0. The van der Waals surface area contributed by atoms with Crippen LogP contribution in [-0.2, 0) is 11.2 Å². The summed E-state index contributed by atoms with van der Waals surface area (Å²) in [6.07, 6.45) is 3.19. The lowest BCUT2D eigenvalue weighted by atomic mass is 10.1. The maximum Gasteiger partial charge on any atom is 0.307 e. The summed E-state index contributed by atoms with van der Waals surface area (Å²) in [6, 6.07) is 6.88. The van der Waals surface area contributed by atoms with E-state index in [0.717, 1.165) is 5.56 Å². The van der Waals surface area contributed by atoms with Crippen LogP contribution in [0.3, 0.4) is 0 Å². The molecule has 0 saturated heterocycles. The molecule has 0 aliphatic rings. The van der Waals surface area contributed by atoms with E-state index in [1.165, 1.54) is 0 Å². The summed E-state index contributed by atoms with van der Waals surface area (Å²) in [4.78, 5) is 18.6. The number of ether oxygens (including phenoxy) is 1. The van der Waals surface area contributed by atoms with Crippen LogP contribution in [-0.4, -0.2) is 21.0 Å². The van der Waals surface area contributed by atoms with Gasteiger partial charge in [-0.3, -0.25) is 4.79 Å². The van der Waals surface area contributed by atoms with Crippen LogP contribution in [0, 0.1) is 6.92 Å². The number of hydrogen-bond donors (Lipinski definition) is 1. The molecule has 5 heteroatoms. The molecule has 0 atom stereocenters. The van der Waals surface area contributed by atoms with Crippen LogP contribution in [0.15, 0.2) is 36.7 Å². The molecule has 1 heterocycles. The maximum absolute atomic E-state index is 10.5. The number of carboxylic acid groups (broad SMARTS) is 1. The van der Waals surface area contributed by atoms with Gasteiger partial charge in [-0.15, -0.1) is 0 Å². The summed E-state index contributed by atoms with van der Waals surface area (Å²) >= 11 is 0. The third kappa shape index (κ3) is 3.28. The molecule has 0 amide bonds. The molecule has 18 heavy (non-hydrogen) atoms. The number of hydrogen-bond acceptors (Lipinski definition) is 4. The van der Waals surface area contributed by atoms with E-state index in [4.69, 9.17) is 9.84 Å². The molecule has 0 radical (unpaired) electrons. The van der Waals surface area contributed by atoms with E-state index in [0.29, 0.717) is 17.3 Å². The second kappa shape index (κ2) is 5.27. The number of aryl methyl sites for hydroxylation is 1. The molecule has 92 valence electrons. The minimum absolute atomic E-state index is 0.00786. The van der Waals surface area contributed by atoms with E-state index in [2.05, 4.69) is 9.97 Å².